The molecule has 1 amide bonds. The second-order valence-corrected chi connectivity index (χ2v) is 6.03. The van der Waals surface area contributed by atoms with E-state index in [0.29, 0.717) is 17.1 Å². The Kier molecular flexibility index (Phi) is 3.39. The molecule has 1 N–H and O–H groups in total. The molecular formula is C15H15N3O2S. The molecule has 0 atom stereocenters. The van der Waals surface area contributed by atoms with E-state index < -0.39 is 0 Å². The van der Waals surface area contributed by atoms with Crippen LogP contribution in [0.15, 0.2) is 30.6 Å². The van der Waals surface area contributed by atoms with Crippen molar-refractivity contribution in [2.45, 2.75) is 13.8 Å². The molecule has 0 unspecified atom stereocenters. The lowest BCUT2D eigenvalue weighted by Crippen LogP contribution is -2.13. The van der Waals surface area contributed by atoms with Gasteiger partial charge < -0.3 is 10.1 Å². The summed E-state index contributed by atoms with van der Waals surface area (Å²) in [6, 6.07) is 5.64. The number of aryl methyl sites for hydroxylation is 2. The zero-order valence-corrected chi connectivity index (χ0v) is 12.8. The molecule has 21 heavy (non-hydrogen) atoms. The van der Waals surface area contributed by atoms with Gasteiger partial charge in [-0.2, -0.15) is 0 Å². The number of thiazole rings is 1. The van der Waals surface area contributed by atoms with Gasteiger partial charge in [0.15, 0.2) is 4.96 Å². The number of nitrogens with zero attached hydrogens (tertiary/aromatic N) is 2. The van der Waals surface area contributed by atoms with Gasteiger partial charge in [0.25, 0.3) is 5.91 Å². The Hall–Kier alpha value is -2.34. The van der Waals surface area contributed by atoms with Gasteiger partial charge in [0, 0.05) is 17.3 Å². The van der Waals surface area contributed by atoms with Crippen LogP contribution in [-0.4, -0.2) is 22.4 Å². The Bertz CT molecular complexity index is 788. The van der Waals surface area contributed by atoms with Crippen LogP contribution in [0.3, 0.4) is 0 Å². The number of ether oxygens (including phenoxy) is 1. The molecule has 0 saturated carbocycles. The van der Waals surface area contributed by atoms with Crippen LogP contribution in [0.4, 0.5) is 5.69 Å². The average molecular weight is 301 g/mol. The van der Waals surface area contributed by atoms with E-state index in [1.54, 1.807) is 24.6 Å². The van der Waals surface area contributed by atoms with Crippen molar-refractivity contribution in [1.82, 2.24) is 9.38 Å². The van der Waals surface area contributed by atoms with Crippen LogP contribution in [0, 0.1) is 13.8 Å². The summed E-state index contributed by atoms with van der Waals surface area (Å²) in [7, 11) is 1.58. The van der Waals surface area contributed by atoms with Crippen LogP contribution in [0.25, 0.3) is 4.96 Å². The first kappa shape index (κ1) is 13.6. The summed E-state index contributed by atoms with van der Waals surface area (Å²) < 4.78 is 7.12. The van der Waals surface area contributed by atoms with Crippen LogP contribution >= 0.6 is 11.3 Å². The Morgan fingerprint density at radius 1 is 1.33 bits per heavy atom. The molecule has 108 valence electrons. The number of fused-ring (bicyclic) bond motifs is 1. The van der Waals surface area contributed by atoms with E-state index in [1.165, 1.54) is 0 Å². The predicted octanol–water partition coefficient (Wildman–Crippen LogP) is 3.27. The maximum atomic E-state index is 12.3. The molecule has 2 heterocycles. The third kappa shape index (κ3) is 2.62. The van der Waals surface area contributed by atoms with Gasteiger partial charge in [-0.15, -0.1) is 11.3 Å². The van der Waals surface area contributed by atoms with Crippen LogP contribution in [-0.2, 0) is 0 Å². The predicted molar refractivity (Wildman–Crippen MR) is 83.5 cm³/mol. The highest BCUT2D eigenvalue weighted by atomic mass is 32.1. The molecule has 6 heteroatoms. The van der Waals surface area contributed by atoms with Crippen molar-refractivity contribution in [2.24, 2.45) is 0 Å². The first-order valence-corrected chi connectivity index (χ1v) is 7.29. The van der Waals surface area contributed by atoms with E-state index in [-0.39, 0.29) is 5.91 Å². The van der Waals surface area contributed by atoms with Crippen LogP contribution in [0.5, 0.6) is 5.75 Å². The van der Waals surface area contributed by atoms with Gasteiger partial charge in [0.2, 0.25) is 0 Å². The molecular weight excluding hydrogens is 286 g/mol. The largest absolute Gasteiger partial charge is 0.495 e. The number of carbonyl (C=O) groups excluding carboxylic acids is 1. The molecule has 0 aliphatic heterocycles. The average Bonchev–Trinajstić information content (AvgIpc) is 2.96. The van der Waals surface area contributed by atoms with Gasteiger partial charge in [0.1, 0.15) is 11.4 Å². The van der Waals surface area contributed by atoms with Crippen molar-refractivity contribution in [2.75, 3.05) is 12.4 Å². The Morgan fingerprint density at radius 2 is 2.14 bits per heavy atom. The summed E-state index contributed by atoms with van der Waals surface area (Å²) in [6.07, 6.45) is 3.69. The van der Waals surface area contributed by atoms with E-state index in [2.05, 4.69) is 10.3 Å². The minimum atomic E-state index is -0.243. The van der Waals surface area contributed by atoms with Gasteiger partial charge >= 0.3 is 0 Å². The van der Waals surface area contributed by atoms with Gasteiger partial charge in [-0.1, -0.05) is 6.07 Å². The summed E-state index contributed by atoms with van der Waals surface area (Å²) in [5.41, 5.74) is 2.09. The molecule has 0 saturated heterocycles. The molecule has 0 radical (unpaired) electrons. The SMILES string of the molecule is COc1ccc(C)cc1NC(=O)c1cn2cc(C)sc2n1. The van der Waals surface area contributed by atoms with E-state index >= 15 is 0 Å². The second kappa shape index (κ2) is 5.21. The highest BCUT2D eigenvalue weighted by Gasteiger charge is 2.14. The molecule has 1 aromatic carbocycles. The number of methoxy groups -OCH3 is 1. The number of hydrogen-bond acceptors (Lipinski definition) is 4. The van der Waals surface area contributed by atoms with Crippen LogP contribution < -0.4 is 10.1 Å². The van der Waals surface area contributed by atoms with E-state index in [4.69, 9.17) is 4.74 Å². The summed E-state index contributed by atoms with van der Waals surface area (Å²) in [5, 5.41) is 2.85. The first-order valence-electron chi connectivity index (χ1n) is 6.48. The van der Waals surface area contributed by atoms with Gasteiger partial charge in [-0.05, 0) is 31.5 Å². The number of benzene rings is 1. The smallest absolute Gasteiger partial charge is 0.276 e. The standard InChI is InChI=1S/C15H15N3O2S/c1-9-4-5-13(20-3)11(6-9)16-14(19)12-8-18-7-10(2)21-15(18)17-12/h4-8H,1-3H3,(H,16,19). The number of aromatic nitrogens is 2. The van der Waals surface area contributed by atoms with Gasteiger partial charge in [-0.25, -0.2) is 4.98 Å². The zero-order valence-electron chi connectivity index (χ0n) is 12.0. The Labute approximate surface area is 126 Å². The van der Waals surface area contributed by atoms with Gasteiger partial charge in [0.05, 0.1) is 12.8 Å². The van der Waals surface area contributed by atoms with E-state index in [9.17, 15) is 4.79 Å². The van der Waals surface area contributed by atoms with Crippen LogP contribution in [0.1, 0.15) is 20.9 Å². The molecule has 0 aliphatic carbocycles. The fourth-order valence-corrected chi connectivity index (χ4v) is 2.94. The molecule has 0 bridgehead atoms. The number of hydrogen-bond donors (Lipinski definition) is 1. The van der Waals surface area contributed by atoms with E-state index in [1.807, 2.05) is 42.6 Å². The highest BCUT2D eigenvalue weighted by Crippen LogP contribution is 2.26. The number of amides is 1. The Morgan fingerprint density at radius 3 is 2.86 bits per heavy atom. The fraction of sp³-hybridized carbons (Fsp3) is 0.200. The number of imidazole rings is 1. The van der Waals surface area contributed by atoms with Crippen molar-refractivity contribution in [1.29, 1.82) is 0 Å². The van der Waals surface area contributed by atoms with E-state index in [0.717, 1.165) is 15.4 Å². The van der Waals surface area contributed by atoms with Crippen molar-refractivity contribution in [3.05, 3.63) is 46.7 Å². The minimum absolute atomic E-state index is 0.243. The lowest BCUT2D eigenvalue weighted by molar-refractivity contribution is 0.102. The second-order valence-electron chi connectivity index (χ2n) is 4.82. The summed E-state index contributed by atoms with van der Waals surface area (Å²) in [6.45, 7) is 3.97. The molecule has 3 aromatic rings. The normalized spacial score (nSPS) is 10.8. The molecule has 2 aromatic heterocycles. The number of rotatable bonds is 3. The molecule has 0 spiro atoms. The summed E-state index contributed by atoms with van der Waals surface area (Å²) >= 11 is 1.55. The summed E-state index contributed by atoms with van der Waals surface area (Å²) in [4.78, 5) is 18.6. The molecule has 3 rings (SSSR count). The summed E-state index contributed by atoms with van der Waals surface area (Å²) in [5.74, 6) is 0.387. The van der Waals surface area contributed by atoms with Crippen molar-refractivity contribution >= 4 is 27.9 Å². The fourth-order valence-electron chi connectivity index (χ4n) is 2.13. The third-order valence-electron chi connectivity index (χ3n) is 3.11. The highest BCUT2D eigenvalue weighted by molar-refractivity contribution is 7.17. The van der Waals surface area contributed by atoms with Crippen LogP contribution in [0.2, 0.25) is 0 Å². The maximum absolute atomic E-state index is 12.3. The molecule has 5 nitrogen and oxygen atoms in total. The van der Waals surface area contributed by atoms with Gasteiger partial charge in [-0.3, -0.25) is 9.20 Å². The van der Waals surface area contributed by atoms with Crippen molar-refractivity contribution < 1.29 is 9.53 Å². The number of anilines is 1. The molecule has 0 fully saturated rings. The van der Waals surface area contributed by atoms with Crippen molar-refractivity contribution in [3.63, 3.8) is 0 Å². The minimum Gasteiger partial charge on any atom is -0.495 e. The molecule has 0 aliphatic rings. The number of nitrogens with one attached hydrogen (secondary N) is 1. The zero-order chi connectivity index (χ0) is 15.0. The maximum Gasteiger partial charge on any atom is 0.276 e. The third-order valence-corrected chi connectivity index (χ3v) is 4.02. The lowest BCUT2D eigenvalue weighted by atomic mass is 10.2. The Balaban J connectivity index is 1.88. The number of carbonyl (C=O) groups is 1. The first-order chi connectivity index (χ1) is 10.1. The van der Waals surface area contributed by atoms with Crippen molar-refractivity contribution in [3.8, 4) is 5.75 Å². The quantitative estimate of drug-likeness (QED) is 0.807. The lowest BCUT2D eigenvalue weighted by Gasteiger charge is -2.09. The topological polar surface area (TPSA) is 55.6 Å². The monoisotopic (exact) mass is 301 g/mol.